The van der Waals surface area contributed by atoms with Crippen molar-refractivity contribution >= 4 is 31.9 Å². The molecule has 1 saturated heterocycles. The highest BCUT2D eigenvalue weighted by Crippen LogP contribution is 2.22. The van der Waals surface area contributed by atoms with Crippen molar-refractivity contribution in [3.63, 3.8) is 0 Å². The van der Waals surface area contributed by atoms with Crippen LogP contribution in [0.5, 0.6) is 0 Å². The van der Waals surface area contributed by atoms with Crippen LogP contribution in [0.1, 0.15) is 28.8 Å². The lowest BCUT2D eigenvalue weighted by atomic mass is 10.0. The highest BCUT2D eigenvalue weighted by Gasteiger charge is 2.27. The van der Waals surface area contributed by atoms with E-state index in [1.165, 1.54) is 0 Å². The number of carbonyl (C=O) groups excluding carboxylic acids is 1. The molecule has 0 radical (unpaired) electrons. The maximum absolute atomic E-state index is 12.6. The zero-order valence-electron chi connectivity index (χ0n) is 12.1. The van der Waals surface area contributed by atoms with Crippen molar-refractivity contribution in [2.24, 2.45) is 0 Å². The number of hydrogen-bond acceptors (Lipinski definition) is 3. The summed E-state index contributed by atoms with van der Waals surface area (Å²) < 4.78 is 26.1. The monoisotopic (exact) mass is 374 g/mol. The van der Waals surface area contributed by atoms with Crippen LogP contribution in [-0.4, -0.2) is 44.6 Å². The Bertz CT molecular complexity index is 646. The number of hydrogen-bond donors (Lipinski definition) is 1. The molecule has 1 heterocycles. The summed E-state index contributed by atoms with van der Waals surface area (Å²) in [6, 6.07) is 5.33. The summed E-state index contributed by atoms with van der Waals surface area (Å²) in [6.45, 7) is 2.97. The van der Waals surface area contributed by atoms with E-state index in [1.54, 1.807) is 11.0 Å². The van der Waals surface area contributed by atoms with Gasteiger partial charge in [-0.2, -0.15) is 0 Å². The fourth-order valence-electron chi connectivity index (χ4n) is 2.57. The molecule has 1 aliphatic heterocycles. The molecule has 7 heteroatoms. The van der Waals surface area contributed by atoms with Crippen molar-refractivity contribution in [3.05, 3.63) is 33.8 Å². The van der Waals surface area contributed by atoms with E-state index in [4.69, 9.17) is 0 Å². The molecule has 0 saturated carbocycles. The molecule has 2 rings (SSSR count). The number of nitrogens with zero attached hydrogens (tertiary/aromatic N) is 1. The van der Waals surface area contributed by atoms with Crippen LogP contribution >= 0.6 is 15.9 Å². The molecule has 1 aliphatic rings. The Morgan fingerprint density at radius 1 is 1.43 bits per heavy atom. The minimum absolute atomic E-state index is 0.0474. The Morgan fingerprint density at radius 3 is 2.81 bits per heavy atom. The largest absolute Gasteiger partial charge is 0.337 e. The van der Waals surface area contributed by atoms with E-state index in [9.17, 15) is 13.2 Å². The van der Waals surface area contributed by atoms with E-state index in [1.807, 2.05) is 19.1 Å². The van der Waals surface area contributed by atoms with E-state index in [-0.39, 0.29) is 11.9 Å². The molecule has 1 amide bonds. The maximum atomic E-state index is 12.6. The summed E-state index contributed by atoms with van der Waals surface area (Å²) in [5, 5.41) is 0. The Kier molecular flexibility index (Phi) is 5.06. The van der Waals surface area contributed by atoms with Gasteiger partial charge in [-0.25, -0.2) is 13.1 Å². The molecular weight excluding hydrogens is 356 g/mol. The molecule has 5 nitrogen and oxygen atoms in total. The molecule has 0 aliphatic carbocycles. The van der Waals surface area contributed by atoms with Gasteiger partial charge in [0.1, 0.15) is 0 Å². The molecule has 1 aromatic rings. The van der Waals surface area contributed by atoms with Gasteiger partial charge in [0.15, 0.2) is 0 Å². The van der Waals surface area contributed by atoms with Gasteiger partial charge in [0.05, 0.1) is 6.26 Å². The minimum atomic E-state index is -3.25. The Labute approximate surface area is 133 Å². The minimum Gasteiger partial charge on any atom is -0.337 e. The fourth-order valence-corrected chi connectivity index (χ4v) is 3.73. The smallest absolute Gasteiger partial charge is 0.254 e. The third-order valence-corrected chi connectivity index (χ3v) is 5.21. The second kappa shape index (κ2) is 6.46. The molecule has 21 heavy (non-hydrogen) atoms. The van der Waals surface area contributed by atoms with Crippen LogP contribution < -0.4 is 4.72 Å². The van der Waals surface area contributed by atoms with Gasteiger partial charge >= 0.3 is 0 Å². The van der Waals surface area contributed by atoms with E-state index in [0.717, 1.165) is 29.1 Å². The molecule has 116 valence electrons. The van der Waals surface area contributed by atoms with Gasteiger partial charge in [0.25, 0.3) is 5.91 Å². The van der Waals surface area contributed by atoms with Crippen LogP contribution in [-0.2, 0) is 10.0 Å². The number of nitrogens with one attached hydrogen (secondary N) is 1. The Balaban J connectivity index is 2.14. The van der Waals surface area contributed by atoms with Crippen molar-refractivity contribution in [2.45, 2.75) is 25.8 Å². The van der Waals surface area contributed by atoms with E-state index < -0.39 is 10.0 Å². The van der Waals surface area contributed by atoms with Crippen LogP contribution in [0.15, 0.2) is 22.7 Å². The lowest BCUT2D eigenvalue weighted by Crippen LogP contribution is -2.49. The van der Waals surface area contributed by atoms with Gasteiger partial charge in [-0.15, -0.1) is 0 Å². The van der Waals surface area contributed by atoms with Gasteiger partial charge in [-0.1, -0.05) is 22.0 Å². The quantitative estimate of drug-likeness (QED) is 0.878. The lowest BCUT2D eigenvalue weighted by molar-refractivity contribution is 0.0702. The molecule has 0 bridgehead atoms. The zero-order chi connectivity index (χ0) is 15.6. The van der Waals surface area contributed by atoms with Crippen molar-refractivity contribution in [2.75, 3.05) is 19.3 Å². The average Bonchev–Trinajstić information content (AvgIpc) is 2.39. The summed E-state index contributed by atoms with van der Waals surface area (Å²) in [5.41, 5.74) is 1.56. The number of sulfonamides is 1. The molecule has 1 aromatic carbocycles. The summed E-state index contributed by atoms with van der Waals surface area (Å²) in [6.07, 6.45) is 2.70. The highest BCUT2D eigenvalue weighted by atomic mass is 79.9. The number of carbonyl (C=O) groups is 1. The first-order valence-corrected chi connectivity index (χ1v) is 9.48. The third kappa shape index (κ3) is 4.28. The van der Waals surface area contributed by atoms with Crippen LogP contribution in [0.3, 0.4) is 0 Å². The first kappa shape index (κ1) is 16.5. The maximum Gasteiger partial charge on any atom is 0.254 e. The van der Waals surface area contributed by atoms with Gasteiger partial charge in [0, 0.05) is 29.2 Å². The molecular formula is C14H19BrN2O3S. The van der Waals surface area contributed by atoms with E-state index >= 15 is 0 Å². The number of piperidine rings is 1. The normalized spacial score (nSPS) is 19.6. The highest BCUT2D eigenvalue weighted by molar-refractivity contribution is 9.10. The van der Waals surface area contributed by atoms with Crippen LogP contribution in [0.4, 0.5) is 0 Å². The van der Waals surface area contributed by atoms with Crippen molar-refractivity contribution in [1.29, 1.82) is 0 Å². The number of rotatable bonds is 3. The molecule has 1 N–H and O–H groups in total. The molecule has 1 fully saturated rings. The third-order valence-electron chi connectivity index (χ3n) is 3.59. The predicted octanol–water partition coefficient (Wildman–Crippen LogP) is 1.91. The van der Waals surface area contributed by atoms with E-state index in [2.05, 4.69) is 20.7 Å². The van der Waals surface area contributed by atoms with Gasteiger partial charge in [0.2, 0.25) is 10.0 Å². The van der Waals surface area contributed by atoms with Crippen LogP contribution in [0, 0.1) is 6.92 Å². The zero-order valence-corrected chi connectivity index (χ0v) is 14.5. The van der Waals surface area contributed by atoms with Crippen molar-refractivity contribution < 1.29 is 13.2 Å². The summed E-state index contributed by atoms with van der Waals surface area (Å²) in [4.78, 5) is 14.3. The van der Waals surface area contributed by atoms with Crippen LogP contribution in [0.2, 0.25) is 0 Å². The van der Waals surface area contributed by atoms with Gasteiger partial charge < -0.3 is 4.90 Å². The molecule has 1 unspecified atom stereocenters. The average molecular weight is 375 g/mol. The second-order valence-corrected chi connectivity index (χ2v) is 8.03. The summed E-state index contributed by atoms with van der Waals surface area (Å²) >= 11 is 3.43. The molecule has 0 spiro atoms. The van der Waals surface area contributed by atoms with Crippen molar-refractivity contribution in [3.8, 4) is 0 Å². The standard InChI is InChI=1S/C14H19BrN2O3S/c1-10-12(6-3-7-13(10)15)14(18)17-8-4-5-11(9-17)16-21(2,19)20/h3,6-7,11,16H,4-5,8-9H2,1-2H3. The topological polar surface area (TPSA) is 66.5 Å². The lowest BCUT2D eigenvalue weighted by Gasteiger charge is -2.33. The Morgan fingerprint density at radius 2 is 2.14 bits per heavy atom. The fraction of sp³-hybridized carbons (Fsp3) is 0.500. The first-order chi connectivity index (χ1) is 9.78. The van der Waals surface area contributed by atoms with Crippen molar-refractivity contribution in [1.82, 2.24) is 9.62 Å². The van der Waals surface area contributed by atoms with Crippen LogP contribution in [0.25, 0.3) is 0 Å². The summed E-state index contributed by atoms with van der Waals surface area (Å²) in [7, 11) is -3.25. The molecule has 1 atom stereocenters. The second-order valence-electron chi connectivity index (χ2n) is 5.39. The first-order valence-electron chi connectivity index (χ1n) is 6.79. The number of amides is 1. The predicted molar refractivity (Wildman–Crippen MR) is 85.8 cm³/mol. The van der Waals surface area contributed by atoms with Gasteiger partial charge in [-0.05, 0) is 37.5 Å². The number of likely N-dealkylation sites (tertiary alicyclic amines) is 1. The summed E-state index contributed by atoms with van der Waals surface area (Å²) in [5.74, 6) is -0.0474. The SMILES string of the molecule is Cc1c(Br)cccc1C(=O)N1CCCC(NS(C)(=O)=O)C1. The number of halogens is 1. The van der Waals surface area contributed by atoms with E-state index in [0.29, 0.717) is 18.7 Å². The Hall–Kier alpha value is -0.920. The van der Waals surface area contributed by atoms with Gasteiger partial charge in [-0.3, -0.25) is 4.79 Å². The number of benzene rings is 1. The molecule has 0 aromatic heterocycles.